The summed E-state index contributed by atoms with van der Waals surface area (Å²) in [4.78, 5) is 4.18. The van der Waals surface area contributed by atoms with Crippen LogP contribution in [0.25, 0.3) is 10.9 Å². The molecule has 3 aromatic rings. The van der Waals surface area contributed by atoms with Crippen molar-refractivity contribution in [2.24, 2.45) is 0 Å². The number of nitrogen functional groups attached to an aromatic ring is 1. The molecule has 1 aromatic heterocycles. The highest BCUT2D eigenvalue weighted by Gasteiger charge is 1.88. The Hall–Kier alpha value is -2.55. The maximum absolute atomic E-state index is 8.79. The molecule has 0 amide bonds. The van der Waals surface area contributed by atoms with Gasteiger partial charge < -0.3 is 10.8 Å². The second-order valence-corrected chi connectivity index (χ2v) is 3.75. The molecule has 3 N–H and O–H groups in total. The fraction of sp³-hybridized carbons (Fsp3) is 0. The standard InChI is InChI=1S/C9H7N.C6H7NO/c1-2-6-9-8(4-1)5-3-7-10-9;7-5-3-1-2-4-6(5)8/h1-7H;1-4,8H,7H2. The minimum atomic E-state index is 0.146. The lowest BCUT2D eigenvalue weighted by Gasteiger charge is -1.92. The van der Waals surface area contributed by atoms with E-state index in [1.54, 1.807) is 24.3 Å². The van der Waals surface area contributed by atoms with E-state index >= 15 is 0 Å². The van der Waals surface area contributed by atoms with Gasteiger partial charge in [-0.3, -0.25) is 4.98 Å². The van der Waals surface area contributed by atoms with Gasteiger partial charge in [-0.25, -0.2) is 0 Å². The fourth-order valence-electron chi connectivity index (χ4n) is 1.50. The predicted octanol–water partition coefficient (Wildman–Crippen LogP) is 3.21. The molecule has 0 aliphatic carbocycles. The van der Waals surface area contributed by atoms with Crippen molar-refractivity contribution in [1.29, 1.82) is 0 Å². The zero-order chi connectivity index (χ0) is 12.8. The van der Waals surface area contributed by atoms with Gasteiger partial charge in [-0.2, -0.15) is 0 Å². The van der Waals surface area contributed by atoms with Gasteiger partial charge in [0.25, 0.3) is 0 Å². The van der Waals surface area contributed by atoms with Gasteiger partial charge in [0, 0.05) is 11.6 Å². The average Bonchev–Trinajstić information content (AvgIpc) is 2.43. The van der Waals surface area contributed by atoms with E-state index in [9.17, 15) is 0 Å². The molecule has 90 valence electrons. The number of rotatable bonds is 0. The summed E-state index contributed by atoms with van der Waals surface area (Å²) >= 11 is 0. The average molecular weight is 238 g/mol. The SMILES string of the molecule is Nc1ccccc1O.c1ccc2ncccc2c1. The Labute approximate surface area is 106 Å². The molecule has 3 rings (SSSR count). The first kappa shape index (κ1) is 11.9. The van der Waals surface area contributed by atoms with E-state index in [0.29, 0.717) is 5.69 Å². The third kappa shape index (κ3) is 2.98. The number of hydrogen-bond acceptors (Lipinski definition) is 3. The quantitative estimate of drug-likeness (QED) is 0.467. The van der Waals surface area contributed by atoms with Gasteiger partial charge in [0.15, 0.2) is 0 Å². The Morgan fingerprint density at radius 1 is 0.833 bits per heavy atom. The number of phenolic OH excluding ortho intramolecular Hbond substituents is 1. The van der Waals surface area contributed by atoms with Crippen LogP contribution in [0, 0.1) is 0 Å². The maximum Gasteiger partial charge on any atom is 0.138 e. The number of pyridine rings is 1. The van der Waals surface area contributed by atoms with Gasteiger partial charge in [-0.1, -0.05) is 36.4 Å². The monoisotopic (exact) mass is 238 g/mol. The molecule has 0 bridgehead atoms. The Morgan fingerprint density at radius 2 is 1.50 bits per heavy atom. The maximum atomic E-state index is 8.79. The highest BCUT2D eigenvalue weighted by Crippen LogP contribution is 2.16. The lowest BCUT2D eigenvalue weighted by Crippen LogP contribution is -1.82. The summed E-state index contributed by atoms with van der Waals surface area (Å²) in [5.41, 5.74) is 6.75. The molecule has 1 heterocycles. The lowest BCUT2D eigenvalue weighted by molar-refractivity contribution is 0.478. The summed E-state index contributed by atoms with van der Waals surface area (Å²) in [6.45, 7) is 0. The van der Waals surface area contributed by atoms with Crippen molar-refractivity contribution >= 4 is 16.6 Å². The second kappa shape index (κ2) is 5.68. The summed E-state index contributed by atoms with van der Waals surface area (Å²) in [6.07, 6.45) is 1.81. The van der Waals surface area contributed by atoms with Gasteiger partial charge in [-0.15, -0.1) is 0 Å². The molecule has 0 aliphatic rings. The highest BCUT2D eigenvalue weighted by molar-refractivity contribution is 5.77. The van der Waals surface area contributed by atoms with Crippen molar-refractivity contribution in [2.75, 3.05) is 5.73 Å². The Morgan fingerprint density at radius 3 is 2.17 bits per heavy atom. The van der Waals surface area contributed by atoms with Gasteiger partial charge in [0.1, 0.15) is 5.75 Å². The van der Waals surface area contributed by atoms with E-state index in [-0.39, 0.29) is 5.75 Å². The molecule has 3 nitrogen and oxygen atoms in total. The third-order valence-corrected chi connectivity index (χ3v) is 2.45. The van der Waals surface area contributed by atoms with Crippen molar-refractivity contribution < 1.29 is 5.11 Å². The van der Waals surface area contributed by atoms with Crippen LogP contribution in [-0.2, 0) is 0 Å². The van der Waals surface area contributed by atoms with Crippen molar-refractivity contribution in [3.63, 3.8) is 0 Å². The molecule has 0 radical (unpaired) electrons. The van der Waals surface area contributed by atoms with Gasteiger partial charge >= 0.3 is 0 Å². The number of hydrogen-bond donors (Lipinski definition) is 2. The summed E-state index contributed by atoms with van der Waals surface area (Å²) in [6, 6.07) is 18.8. The van der Waals surface area contributed by atoms with Gasteiger partial charge in [0.05, 0.1) is 11.2 Å². The fourth-order valence-corrected chi connectivity index (χ4v) is 1.50. The Kier molecular flexibility index (Phi) is 3.76. The highest BCUT2D eigenvalue weighted by atomic mass is 16.3. The molecule has 2 aromatic carbocycles. The van der Waals surface area contributed by atoms with Crippen LogP contribution in [0.4, 0.5) is 5.69 Å². The predicted molar refractivity (Wildman–Crippen MR) is 74.3 cm³/mol. The van der Waals surface area contributed by atoms with Crippen molar-refractivity contribution in [1.82, 2.24) is 4.98 Å². The van der Waals surface area contributed by atoms with E-state index in [1.165, 1.54) is 5.39 Å². The van der Waals surface area contributed by atoms with E-state index in [2.05, 4.69) is 17.1 Å². The molecular formula is C15H14N2O. The van der Waals surface area contributed by atoms with Crippen LogP contribution >= 0.6 is 0 Å². The largest absolute Gasteiger partial charge is 0.506 e. The van der Waals surface area contributed by atoms with Gasteiger partial charge in [-0.05, 0) is 24.3 Å². The summed E-state index contributed by atoms with van der Waals surface area (Å²) in [5, 5.41) is 9.99. The molecule has 0 saturated carbocycles. The van der Waals surface area contributed by atoms with E-state index in [1.807, 2.05) is 30.5 Å². The van der Waals surface area contributed by atoms with Crippen LogP contribution in [0.1, 0.15) is 0 Å². The molecule has 0 spiro atoms. The van der Waals surface area contributed by atoms with Crippen LogP contribution in [-0.4, -0.2) is 10.1 Å². The second-order valence-electron chi connectivity index (χ2n) is 3.75. The van der Waals surface area contributed by atoms with Crippen LogP contribution in [0.2, 0.25) is 0 Å². The van der Waals surface area contributed by atoms with E-state index in [4.69, 9.17) is 10.8 Å². The first-order chi connectivity index (χ1) is 8.77. The molecule has 0 atom stereocenters. The number of nitrogens with two attached hydrogens (primary N) is 1. The number of aromatic hydroxyl groups is 1. The lowest BCUT2D eigenvalue weighted by atomic mass is 10.2. The number of nitrogens with zero attached hydrogens (tertiary/aromatic N) is 1. The molecule has 0 fully saturated rings. The number of aromatic nitrogens is 1. The van der Waals surface area contributed by atoms with Crippen LogP contribution in [0.15, 0.2) is 66.9 Å². The summed E-state index contributed by atoms with van der Waals surface area (Å²) < 4.78 is 0. The number of para-hydroxylation sites is 3. The molecule has 0 saturated heterocycles. The first-order valence-electron chi connectivity index (χ1n) is 5.60. The summed E-state index contributed by atoms with van der Waals surface area (Å²) in [7, 11) is 0. The zero-order valence-corrected chi connectivity index (χ0v) is 9.82. The topological polar surface area (TPSA) is 59.1 Å². The van der Waals surface area contributed by atoms with Crippen LogP contribution in [0.3, 0.4) is 0 Å². The summed E-state index contributed by atoms with van der Waals surface area (Å²) in [5.74, 6) is 0.146. The van der Waals surface area contributed by atoms with E-state index < -0.39 is 0 Å². The normalized spacial score (nSPS) is 9.56. The van der Waals surface area contributed by atoms with Crippen molar-refractivity contribution in [2.45, 2.75) is 0 Å². The molecular weight excluding hydrogens is 224 g/mol. The minimum absolute atomic E-state index is 0.146. The van der Waals surface area contributed by atoms with Crippen LogP contribution in [0.5, 0.6) is 5.75 Å². The molecule has 3 heteroatoms. The molecule has 18 heavy (non-hydrogen) atoms. The first-order valence-corrected chi connectivity index (χ1v) is 5.60. The zero-order valence-electron chi connectivity index (χ0n) is 9.82. The van der Waals surface area contributed by atoms with Crippen LogP contribution < -0.4 is 5.73 Å². The number of anilines is 1. The third-order valence-electron chi connectivity index (χ3n) is 2.45. The molecule has 0 unspecified atom stereocenters. The number of fused-ring (bicyclic) bond motifs is 1. The minimum Gasteiger partial charge on any atom is -0.506 e. The molecule has 0 aliphatic heterocycles. The van der Waals surface area contributed by atoms with Crippen molar-refractivity contribution in [3.8, 4) is 5.75 Å². The number of benzene rings is 2. The smallest absolute Gasteiger partial charge is 0.138 e. The Balaban J connectivity index is 0.000000138. The van der Waals surface area contributed by atoms with Gasteiger partial charge in [0.2, 0.25) is 0 Å². The number of phenols is 1. The van der Waals surface area contributed by atoms with E-state index in [0.717, 1.165) is 5.52 Å². The van der Waals surface area contributed by atoms with Crippen molar-refractivity contribution in [3.05, 3.63) is 66.9 Å². The Bertz CT molecular complexity index is 551.